The van der Waals surface area contributed by atoms with Crippen LogP contribution in [0.1, 0.15) is 5.89 Å². The zero-order valence-corrected chi connectivity index (χ0v) is 19.5. The first-order chi connectivity index (χ1) is 16.1. The van der Waals surface area contributed by atoms with Crippen LogP contribution in [-0.4, -0.2) is 60.6 Å². The zero-order valence-electron chi connectivity index (χ0n) is 18.7. The quantitative estimate of drug-likeness (QED) is 0.190. The first-order valence-electron chi connectivity index (χ1n) is 10.4. The van der Waals surface area contributed by atoms with Crippen molar-refractivity contribution in [2.75, 3.05) is 44.9 Å². The Morgan fingerprint density at radius 1 is 1.15 bits per heavy atom. The largest absolute Gasteiger partial charge is 0.493 e. The number of ether oxygens (including phenoxy) is 1. The highest BCUT2D eigenvalue weighted by molar-refractivity contribution is 7.98. The van der Waals surface area contributed by atoms with Crippen molar-refractivity contribution in [3.05, 3.63) is 60.5 Å². The smallest absolute Gasteiger partial charge is 0.247 e. The fourth-order valence-electron chi connectivity index (χ4n) is 2.72. The van der Waals surface area contributed by atoms with Gasteiger partial charge in [-0.25, -0.2) is 0 Å². The van der Waals surface area contributed by atoms with E-state index in [0.29, 0.717) is 36.6 Å². The van der Waals surface area contributed by atoms with Crippen LogP contribution in [0.25, 0.3) is 11.5 Å². The Balaban J connectivity index is 1.45. The summed E-state index contributed by atoms with van der Waals surface area (Å²) in [5.41, 5.74) is 1.61. The third-order valence-electron chi connectivity index (χ3n) is 4.34. The second-order valence-electron chi connectivity index (χ2n) is 7.21. The van der Waals surface area contributed by atoms with Gasteiger partial charge in [-0.15, -0.1) is 27.0 Å². The van der Waals surface area contributed by atoms with Crippen LogP contribution in [0.15, 0.2) is 64.0 Å². The van der Waals surface area contributed by atoms with Gasteiger partial charge in [-0.2, -0.15) is 5.26 Å². The molecule has 0 aliphatic carbocycles. The topological polar surface area (TPSA) is 112 Å². The molecule has 1 heterocycles. The van der Waals surface area contributed by atoms with Gasteiger partial charge >= 0.3 is 0 Å². The molecule has 0 unspecified atom stereocenters. The highest BCUT2D eigenvalue weighted by Gasteiger charge is 2.09. The van der Waals surface area contributed by atoms with Crippen LogP contribution in [0.2, 0.25) is 0 Å². The van der Waals surface area contributed by atoms with Crippen molar-refractivity contribution in [3.63, 3.8) is 0 Å². The molecule has 0 aliphatic heterocycles. The maximum Gasteiger partial charge on any atom is 0.247 e. The van der Waals surface area contributed by atoms with Crippen LogP contribution in [-0.2, 0) is 5.75 Å². The molecule has 0 saturated carbocycles. The molecule has 0 radical (unpaired) electrons. The van der Waals surface area contributed by atoms with Gasteiger partial charge in [0.2, 0.25) is 23.9 Å². The van der Waals surface area contributed by atoms with Crippen molar-refractivity contribution in [2.45, 2.75) is 5.75 Å². The molecule has 33 heavy (non-hydrogen) atoms. The lowest BCUT2D eigenvalue weighted by Gasteiger charge is -2.13. The number of benzene rings is 2. The van der Waals surface area contributed by atoms with E-state index in [1.807, 2.05) is 73.6 Å². The fraction of sp³-hybridized carbons (Fsp3) is 0.304. The highest BCUT2D eigenvalue weighted by Crippen LogP contribution is 2.22. The number of para-hydroxylation sites is 1. The predicted molar refractivity (Wildman–Crippen MR) is 131 cm³/mol. The summed E-state index contributed by atoms with van der Waals surface area (Å²) < 4.78 is 11.5. The van der Waals surface area contributed by atoms with Gasteiger partial charge < -0.3 is 24.7 Å². The van der Waals surface area contributed by atoms with Crippen LogP contribution in [0.5, 0.6) is 5.75 Å². The first-order valence-corrected chi connectivity index (χ1v) is 11.6. The first kappa shape index (κ1) is 24.1. The van der Waals surface area contributed by atoms with Crippen LogP contribution in [0, 0.1) is 11.5 Å². The average Bonchev–Trinajstić information content (AvgIpc) is 3.29. The minimum atomic E-state index is 0.403. The number of nitriles is 1. The monoisotopic (exact) mass is 465 g/mol. The van der Waals surface area contributed by atoms with Crippen LogP contribution in [0.4, 0.5) is 5.69 Å². The van der Waals surface area contributed by atoms with Crippen LogP contribution in [0.3, 0.4) is 0 Å². The van der Waals surface area contributed by atoms with Crippen molar-refractivity contribution < 1.29 is 9.15 Å². The fourth-order valence-corrected chi connectivity index (χ4v) is 3.35. The number of aliphatic imine (C=N–C) groups is 1. The van der Waals surface area contributed by atoms with Gasteiger partial charge in [-0.3, -0.25) is 0 Å². The third-order valence-corrected chi connectivity index (χ3v) is 5.25. The Kier molecular flexibility index (Phi) is 9.57. The van der Waals surface area contributed by atoms with E-state index in [4.69, 9.17) is 14.4 Å². The van der Waals surface area contributed by atoms with E-state index in [9.17, 15) is 0 Å². The lowest BCUT2D eigenvalue weighted by Crippen LogP contribution is -2.35. The molecule has 2 N–H and O–H groups in total. The summed E-state index contributed by atoms with van der Waals surface area (Å²) in [5.74, 6) is 3.75. The van der Waals surface area contributed by atoms with E-state index in [-0.39, 0.29) is 0 Å². The number of aromatic nitrogens is 2. The SMILES string of the molecule is CN(C)CCNC(=NC#N)Nc1ccc(-c2nnc(CSCCOc3ccccc3)o2)cc1. The zero-order chi connectivity index (χ0) is 23.3. The number of thioether (sulfide) groups is 1. The minimum absolute atomic E-state index is 0.403. The number of hydrogen-bond donors (Lipinski definition) is 2. The normalized spacial score (nSPS) is 11.3. The average molecular weight is 466 g/mol. The van der Waals surface area contributed by atoms with Gasteiger partial charge in [0.15, 0.2) is 0 Å². The van der Waals surface area contributed by atoms with Gasteiger partial charge in [-0.05, 0) is 50.5 Å². The second kappa shape index (κ2) is 13.1. The summed E-state index contributed by atoms with van der Waals surface area (Å²) in [5, 5.41) is 23.4. The molecule has 0 atom stereocenters. The Morgan fingerprint density at radius 2 is 1.94 bits per heavy atom. The lowest BCUT2D eigenvalue weighted by atomic mass is 10.2. The number of nitrogens with one attached hydrogen (secondary N) is 2. The molecule has 0 spiro atoms. The van der Waals surface area contributed by atoms with Crippen molar-refractivity contribution in [1.29, 1.82) is 5.26 Å². The van der Waals surface area contributed by atoms with Gasteiger partial charge in [0.1, 0.15) is 5.75 Å². The number of nitrogens with zero attached hydrogens (tertiary/aromatic N) is 5. The van der Waals surface area contributed by atoms with Crippen LogP contribution >= 0.6 is 11.8 Å². The molecule has 1 aromatic heterocycles. The molecule has 10 heteroatoms. The van der Waals surface area contributed by atoms with E-state index < -0.39 is 0 Å². The van der Waals surface area contributed by atoms with E-state index in [1.165, 1.54) is 0 Å². The molecule has 172 valence electrons. The molecule has 3 rings (SSSR count). The molecule has 0 saturated heterocycles. The Hall–Kier alpha value is -3.55. The molecular weight excluding hydrogens is 438 g/mol. The maximum atomic E-state index is 8.90. The molecular formula is C23H27N7O2S. The van der Waals surface area contributed by atoms with Crippen molar-refractivity contribution in [1.82, 2.24) is 20.4 Å². The molecule has 9 nitrogen and oxygen atoms in total. The summed E-state index contributed by atoms with van der Waals surface area (Å²) in [6.45, 7) is 2.11. The molecule has 0 fully saturated rings. The number of guanidine groups is 1. The van der Waals surface area contributed by atoms with E-state index in [0.717, 1.165) is 29.3 Å². The van der Waals surface area contributed by atoms with Crippen LogP contribution < -0.4 is 15.4 Å². The Bertz CT molecular complexity index is 1050. The number of likely N-dealkylation sites (N-methyl/N-ethyl adjacent to an activating group) is 1. The lowest BCUT2D eigenvalue weighted by molar-refractivity contribution is 0.344. The summed E-state index contributed by atoms with van der Waals surface area (Å²) in [7, 11) is 3.97. The summed E-state index contributed by atoms with van der Waals surface area (Å²) in [6, 6.07) is 17.2. The minimum Gasteiger partial charge on any atom is -0.493 e. The number of rotatable bonds is 11. The van der Waals surface area contributed by atoms with Gasteiger partial charge in [0, 0.05) is 30.1 Å². The Labute approximate surface area is 197 Å². The van der Waals surface area contributed by atoms with Gasteiger partial charge in [0.25, 0.3) is 0 Å². The Morgan fingerprint density at radius 3 is 2.67 bits per heavy atom. The van der Waals surface area contributed by atoms with E-state index in [1.54, 1.807) is 18.0 Å². The van der Waals surface area contributed by atoms with Crippen molar-refractivity contribution in [2.24, 2.45) is 4.99 Å². The molecule has 0 aliphatic rings. The summed E-state index contributed by atoms with van der Waals surface area (Å²) in [6.07, 6.45) is 1.81. The highest BCUT2D eigenvalue weighted by atomic mass is 32.2. The molecule has 0 amide bonds. The third kappa shape index (κ3) is 8.48. The van der Waals surface area contributed by atoms with Crippen molar-refractivity contribution in [3.8, 4) is 23.4 Å². The predicted octanol–water partition coefficient (Wildman–Crippen LogP) is 3.45. The number of anilines is 1. The standard InChI is InChI=1S/C23H27N7O2S/c1-30(2)13-12-25-23(26-17-24)27-19-10-8-18(9-11-19)22-29-28-21(32-22)16-33-15-14-31-20-6-4-3-5-7-20/h3-11H,12-16H2,1-2H3,(H2,25,26,27). The molecule has 2 aromatic carbocycles. The molecule has 3 aromatic rings. The van der Waals surface area contributed by atoms with E-state index in [2.05, 4.69) is 25.8 Å². The van der Waals surface area contributed by atoms with E-state index >= 15 is 0 Å². The van der Waals surface area contributed by atoms with Gasteiger partial charge in [-0.1, -0.05) is 18.2 Å². The maximum absolute atomic E-state index is 8.90. The second-order valence-corrected chi connectivity index (χ2v) is 8.31. The van der Waals surface area contributed by atoms with Gasteiger partial charge in [0.05, 0.1) is 12.4 Å². The molecule has 0 bridgehead atoms. The summed E-state index contributed by atoms with van der Waals surface area (Å²) in [4.78, 5) is 5.83. The summed E-state index contributed by atoms with van der Waals surface area (Å²) >= 11 is 1.68. The van der Waals surface area contributed by atoms with Crippen molar-refractivity contribution >= 4 is 23.4 Å². The number of hydrogen-bond acceptors (Lipinski definition) is 8.